The van der Waals surface area contributed by atoms with Crippen molar-refractivity contribution in [1.29, 1.82) is 0 Å². The van der Waals surface area contributed by atoms with Crippen LogP contribution in [-0.4, -0.2) is 0 Å². The van der Waals surface area contributed by atoms with E-state index in [1.54, 1.807) is 0 Å². The molecule has 0 aliphatic carbocycles. The molecule has 0 aliphatic rings. The third kappa shape index (κ3) is 2.96. The molecular weight excluding hydrogens is 290 g/mol. The SMILES string of the molecule is Cc1ccccc1-c1cc2c(C(C)C)cc(C(C)C)cc2c[n+]1C. The van der Waals surface area contributed by atoms with Crippen molar-refractivity contribution in [2.75, 3.05) is 0 Å². The van der Waals surface area contributed by atoms with Gasteiger partial charge < -0.3 is 0 Å². The number of hydrogen-bond donors (Lipinski definition) is 0. The largest absolute Gasteiger partial charge is 0.213 e. The van der Waals surface area contributed by atoms with Crippen LogP contribution in [0.25, 0.3) is 22.0 Å². The summed E-state index contributed by atoms with van der Waals surface area (Å²) in [5, 5.41) is 2.72. The van der Waals surface area contributed by atoms with Gasteiger partial charge in [0.05, 0.1) is 0 Å². The van der Waals surface area contributed by atoms with Crippen LogP contribution in [0.15, 0.2) is 48.7 Å². The third-order valence-corrected chi connectivity index (χ3v) is 4.97. The fraction of sp³-hybridized carbons (Fsp3) is 0.348. The van der Waals surface area contributed by atoms with E-state index in [-0.39, 0.29) is 0 Å². The molecule has 0 saturated carbocycles. The Morgan fingerprint density at radius 1 is 0.875 bits per heavy atom. The van der Waals surface area contributed by atoms with E-state index in [1.807, 2.05) is 0 Å². The zero-order valence-corrected chi connectivity index (χ0v) is 15.7. The van der Waals surface area contributed by atoms with E-state index in [1.165, 1.54) is 38.7 Å². The van der Waals surface area contributed by atoms with Crippen LogP contribution in [0.5, 0.6) is 0 Å². The van der Waals surface area contributed by atoms with Gasteiger partial charge in [-0.15, -0.1) is 0 Å². The molecule has 1 heteroatoms. The molecule has 24 heavy (non-hydrogen) atoms. The summed E-state index contributed by atoms with van der Waals surface area (Å²) in [6.07, 6.45) is 2.29. The molecule has 0 aliphatic heterocycles. The van der Waals surface area contributed by atoms with Crippen molar-refractivity contribution in [3.8, 4) is 11.3 Å². The molecule has 124 valence electrons. The number of benzene rings is 2. The summed E-state index contributed by atoms with van der Waals surface area (Å²) in [6, 6.07) is 15.8. The predicted molar refractivity (Wildman–Crippen MR) is 103 cm³/mol. The molecule has 0 atom stereocenters. The minimum Gasteiger partial charge on any atom is -0.200 e. The average molecular weight is 318 g/mol. The molecule has 0 fully saturated rings. The Balaban J connectivity index is 2.33. The molecule has 0 amide bonds. The molecule has 0 radical (unpaired) electrons. The molecule has 0 bridgehead atoms. The van der Waals surface area contributed by atoms with Gasteiger partial charge in [-0.05, 0) is 53.0 Å². The second kappa shape index (κ2) is 6.39. The highest BCUT2D eigenvalue weighted by Crippen LogP contribution is 2.32. The lowest BCUT2D eigenvalue weighted by molar-refractivity contribution is -0.659. The van der Waals surface area contributed by atoms with Gasteiger partial charge in [-0.3, -0.25) is 0 Å². The first-order valence-electron chi connectivity index (χ1n) is 8.91. The summed E-state index contributed by atoms with van der Waals surface area (Å²) in [6.45, 7) is 11.3. The van der Waals surface area contributed by atoms with Crippen LogP contribution in [0.4, 0.5) is 0 Å². The maximum absolute atomic E-state index is 2.40. The van der Waals surface area contributed by atoms with Gasteiger partial charge in [-0.25, -0.2) is 4.57 Å². The fourth-order valence-corrected chi connectivity index (χ4v) is 3.45. The first-order chi connectivity index (χ1) is 11.4. The lowest BCUT2D eigenvalue weighted by Gasteiger charge is -2.15. The van der Waals surface area contributed by atoms with Crippen molar-refractivity contribution in [3.05, 3.63) is 65.4 Å². The minimum absolute atomic E-state index is 0.517. The molecule has 3 rings (SSSR count). The molecule has 1 aromatic heterocycles. The van der Waals surface area contributed by atoms with Gasteiger partial charge in [0, 0.05) is 17.0 Å². The molecule has 1 nitrogen and oxygen atoms in total. The number of nitrogens with zero attached hydrogens (tertiary/aromatic N) is 1. The lowest BCUT2D eigenvalue weighted by atomic mass is 9.90. The maximum Gasteiger partial charge on any atom is 0.213 e. The maximum atomic E-state index is 2.40. The van der Waals surface area contributed by atoms with E-state index in [9.17, 15) is 0 Å². The normalized spacial score (nSPS) is 11.7. The Kier molecular flexibility index (Phi) is 4.45. The zero-order chi connectivity index (χ0) is 17.4. The van der Waals surface area contributed by atoms with Gasteiger partial charge in [0.15, 0.2) is 6.20 Å². The fourth-order valence-electron chi connectivity index (χ4n) is 3.45. The first kappa shape index (κ1) is 16.7. The Hall–Kier alpha value is -2.15. The second-order valence-electron chi connectivity index (χ2n) is 7.51. The zero-order valence-electron chi connectivity index (χ0n) is 15.7. The first-order valence-corrected chi connectivity index (χ1v) is 8.91. The Bertz CT molecular complexity index is 888. The highest BCUT2D eigenvalue weighted by molar-refractivity contribution is 5.88. The number of rotatable bonds is 3. The summed E-state index contributed by atoms with van der Waals surface area (Å²) in [4.78, 5) is 0. The number of fused-ring (bicyclic) bond motifs is 1. The highest BCUT2D eigenvalue weighted by atomic mass is 14.9. The van der Waals surface area contributed by atoms with Crippen LogP contribution < -0.4 is 4.57 Å². The van der Waals surface area contributed by atoms with Crippen LogP contribution in [-0.2, 0) is 7.05 Å². The van der Waals surface area contributed by atoms with Crippen LogP contribution in [0.1, 0.15) is 56.2 Å². The summed E-state index contributed by atoms with van der Waals surface area (Å²) in [5.41, 5.74) is 6.78. The van der Waals surface area contributed by atoms with Gasteiger partial charge in [0.2, 0.25) is 5.69 Å². The Morgan fingerprint density at radius 2 is 1.58 bits per heavy atom. The molecule has 0 N–H and O–H groups in total. The monoisotopic (exact) mass is 318 g/mol. The van der Waals surface area contributed by atoms with E-state index in [0.717, 1.165) is 0 Å². The third-order valence-electron chi connectivity index (χ3n) is 4.97. The van der Waals surface area contributed by atoms with Gasteiger partial charge in [-0.2, -0.15) is 0 Å². The van der Waals surface area contributed by atoms with E-state index in [4.69, 9.17) is 0 Å². The van der Waals surface area contributed by atoms with Gasteiger partial charge in [0.25, 0.3) is 0 Å². The van der Waals surface area contributed by atoms with Gasteiger partial charge in [-0.1, -0.05) is 52.0 Å². The van der Waals surface area contributed by atoms with Crippen molar-refractivity contribution < 1.29 is 4.57 Å². The van der Waals surface area contributed by atoms with Crippen molar-refractivity contribution in [2.24, 2.45) is 7.05 Å². The smallest absolute Gasteiger partial charge is 0.200 e. The predicted octanol–water partition coefficient (Wildman–Crippen LogP) is 5.89. The van der Waals surface area contributed by atoms with Crippen molar-refractivity contribution >= 4 is 10.8 Å². The van der Waals surface area contributed by atoms with E-state index < -0.39 is 0 Å². The number of aromatic nitrogens is 1. The van der Waals surface area contributed by atoms with Crippen LogP contribution in [0, 0.1) is 6.92 Å². The highest BCUT2D eigenvalue weighted by Gasteiger charge is 2.17. The molecule has 1 heterocycles. The van der Waals surface area contributed by atoms with Crippen LogP contribution >= 0.6 is 0 Å². The summed E-state index contributed by atoms with van der Waals surface area (Å²) in [5.74, 6) is 1.07. The lowest BCUT2D eigenvalue weighted by Crippen LogP contribution is -2.30. The molecule has 3 aromatic rings. The molecule has 0 unspecified atom stereocenters. The van der Waals surface area contributed by atoms with Crippen LogP contribution in [0.2, 0.25) is 0 Å². The molecular formula is C23H28N+. The van der Waals surface area contributed by atoms with E-state index in [0.29, 0.717) is 11.8 Å². The molecule has 2 aromatic carbocycles. The van der Waals surface area contributed by atoms with Crippen molar-refractivity contribution in [1.82, 2.24) is 0 Å². The molecule has 0 spiro atoms. The number of hydrogen-bond acceptors (Lipinski definition) is 0. The van der Waals surface area contributed by atoms with Crippen molar-refractivity contribution in [2.45, 2.75) is 46.5 Å². The Labute approximate surface area is 146 Å². The minimum atomic E-state index is 0.517. The number of aryl methyl sites for hydroxylation is 2. The molecule has 0 saturated heterocycles. The summed E-state index contributed by atoms with van der Waals surface area (Å²) >= 11 is 0. The Morgan fingerprint density at radius 3 is 2.21 bits per heavy atom. The van der Waals surface area contributed by atoms with E-state index >= 15 is 0 Å². The van der Waals surface area contributed by atoms with Gasteiger partial charge >= 0.3 is 0 Å². The second-order valence-corrected chi connectivity index (χ2v) is 7.51. The quantitative estimate of drug-likeness (QED) is 0.530. The summed E-state index contributed by atoms with van der Waals surface area (Å²) < 4.78 is 2.26. The van der Waals surface area contributed by atoms with Crippen molar-refractivity contribution in [3.63, 3.8) is 0 Å². The summed E-state index contributed by atoms with van der Waals surface area (Å²) in [7, 11) is 2.15. The standard InChI is InChI=1S/C23H28N/c1-15(2)18-11-19-14-24(6)23(20-10-8-7-9-17(20)5)13-22(19)21(12-18)16(3)4/h7-16H,1-6H3/q+1. The number of pyridine rings is 1. The average Bonchev–Trinajstić information content (AvgIpc) is 2.53. The topological polar surface area (TPSA) is 3.88 Å². The van der Waals surface area contributed by atoms with E-state index in [2.05, 4.69) is 94.9 Å². The van der Waals surface area contributed by atoms with Gasteiger partial charge in [0.1, 0.15) is 7.05 Å². The van der Waals surface area contributed by atoms with Crippen LogP contribution in [0.3, 0.4) is 0 Å².